The van der Waals surface area contributed by atoms with Crippen LogP contribution in [0.3, 0.4) is 0 Å². The minimum atomic E-state index is -1.19. The van der Waals surface area contributed by atoms with Crippen molar-refractivity contribution in [1.82, 2.24) is 9.97 Å². The molecular weight excluding hydrogens is 324 g/mol. The largest absolute Gasteiger partial charge is 0.496 e. The summed E-state index contributed by atoms with van der Waals surface area (Å²) in [5.74, 6) is -0.155. The van der Waals surface area contributed by atoms with Gasteiger partial charge in [0.2, 0.25) is 5.95 Å². The zero-order chi connectivity index (χ0) is 17.8. The number of aromatic nitrogens is 2. The summed E-state index contributed by atoms with van der Waals surface area (Å²) in [7, 11) is 1.57. The third kappa shape index (κ3) is 3.37. The summed E-state index contributed by atoms with van der Waals surface area (Å²) in [6, 6.07) is 10.6. The number of nitrogens with two attached hydrogens (primary N) is 1. The number of carboxylic acids is 1. The number of rotatable bonds is 6. The van der Waals surface area contributed by atoms with Gasteiger partial charge in [-0.2, -0.15) is 4.98 Å². The molecule has 0 unspecified atom stereocenters. The van der Waals surface area contributed by atoms with E-state index in [1.807, 2.05) is 24.3 Å². The molecule has 8 nitrogen and oxygen atoms in total. The molecular formula is C17H16N4O4. The average Bonchev–Trinajstić information content (AvgIpc) is 3.13. The number of carboxylic acid groups (broad SMARTS) is 1. The van der Waals surface area contributed by atoms with Gasteiger partial charge in [0.25, 0.3) is 0 Å². The van der Waals surface area contributed by atoms with Crippen molar-refractivity contribution >= 4 is 17.7 Å². The molecule has 0 fully saturated rings. The third-order valence-corrected chi connectivity index (χ3v) is 3.53. The lowest BCUT2D eigenvalue weighted by Crippen LogP contribution is -2.13. The highest BCUT2D eigenvalue weighted by molar-refractivity contribution is 5.99. The number of nitrogen functional groups attached to an aromatic ring is 1. The topological polar surface area (TPSA) is 124 Å². The number of carbonyl (C=O) groups is 1. The quantitative estimate of drug-likeness (QED) is 0.625. The van der Waals surface area contributed by atoms with Gasteiger partial charge in [-0.05, 0) is 18.2 Å². The van der Waals surface area contributed by atoms with E-state index in [1.165, 1.54) is 6.26 Å². The lowest BCUT2D eigenvalue weighted by Gasteiger charge is -2.13. The van der Waals surface area contributed by atoms with Crippen molar-refractivity contribution in [3.8, 4) is 17.2 Å². The maximum absolute atomic E-state index is 11.8. The van der Waals surface area contributed by atoms with Gasteiger partial charge in [-0.3, -0.25) is 0 Å². The second-order valence-corrected chi connectivity index (χ2v) is 5.10. The lowest BCUT2D eigenvalue weighted by molar-refractivity contribution is 0.0698. The van der Waals surface area contributed by atoms with Crippen LogP contribution in [0.2, 0.25) is 0 Å². The van der Waals surface area contributed by atoms with Crippen molar-refractivity contribution in [1.29, 1.82) is 0 Å². The fraction of sp³-hybridized carbons (Fsp3) is 0.118. The standard InChI is InChI=1S/C17H16N4O4/c1-24-11-6-3-2-5-10(11)9-19-15-13(16(22)23)14(20-17(18)21-15)12-7-4-8-25-12/h2-8H,9H2,1H3,(H,22,23)(H3,18,19,20,21). The highest BCUT2D eigenvalue weighted by atomic mass is 16.5. The number of furan rings is 1. The number of nitrogens with zero attached hydrogens (tertiary/aromatic N) is 2. The minimum absolute atomic E-state index is 0.0565. The molecule has 0 bridgehead atoms. The summed E-state index contributed by atoms with van der Waals surface area (Å²) < 4.78 is 10.6. The molecule has 1 aromatic carbocycles. The first-order chi connectivity index (χ1) is 12.1. The van der Waals surface area contributed by atoms with Gasteiger partial charge in [0.05, 0.1) is 13.4 Å². The Balaban J connectivity index is 1.99. The number of benzene rings is 1. The van der Waals surface area contributed by atoms with E-state index in [0.717, 1.165) is 5.56 Å². The number of methoxy groups -OCH3 is 1. The fourth-order valence-corrected chi connectivity index (χ4v) is 2.43. The Labute approximate surface area is 143 Å². The Morgan fingerprint density at radius 3 is 2.76 bits per heavy atom. The van der Waals surface area contributed by atoms with E-state index >= 15 is 0 Å². The number of para-hydroxylation sites is 1. The van der Waals surface area contributed by atoms with Crippen LogP contribution in [0, 0.1) is 0 Å². The van der Waals surface area contributed by atoms with E-state index in [0.29, 0.717) is 18.1 Å². The van der Waals surface area contributed by atoms with Gasteiger partial charge >= 0.3 is 5.97 Å². The second kappa shape index (κ2) is 6.91. The van der Waals surface area contributed by atoms with E-state index in [-0.39, 0.29) is 23.0 Å². The molecule has 0 aliphatic carbocycles. The molecule has 4 N–H and O–H groups in total. The van der Waals surface area contributed by atoms with Crippen LogP contribution in [0.4, 0.5) is 11.8 Å². The molecule has 0 radical (unpaired) electrons. The summed E-state index contributed by atoms with van der Waals surface area (Å²) in [5.41, 5.74) is 6.59. The molecule has 0 amide bonds. The van der Waals surface area contributed by atoms with Gasteiger partial charge in [-0.1, -0.05) is 18.2 Å². The lowest BCUT2D eigenvalue weighted by atomic mass is 10.1. The van der Waals surface area contributed by atoms with E-state index in [2.05, 4.69) is 15.3 Å². The van der Waals surface area contributed by atoms with Crippen LogP contribution in [-0.2, 0) is 6.54 Å². The molecule has 0 spiro atoms. The predicted octanol–water partition coefficient (Wildman–Crippen LogP) is 2.64. The normalized spacial score (nSPS) is 10.4. The van der Waals surface area contributed by atoms with E-state index < -0.39 is 5.97 Å². The van der Waals surface area contributed by atoms with Crippen LogP contribution in [0.5, 0.6) is 5.75 Å². The SMILES string of the molecule is COc1ccccc1CNc1nc(N)nc(-c2ccco2)c1C(=O)O. The average molecular weight is 340 g/mol. The molecule has 3 rings (SSSR count). The first kappa shape index (κ1) is 16.3. The zero-order valence-electron chi connectivity index (χ0n) is 13.4. The molecule has 128 valence electrons. The molecule has 25 heavy (non-hydrogen) atoms. The maximum atomic E-state index is 11.8. The van der Waals surface area contributed by atoms with Crippen LogP contribution in [0.25, 0.3) is 11.5 Å². The van der Waals surface area contributed by atoms with Gasteiger partial charge < -0.3 is 25.3 Å². The van der Waals surface area contributed by atoms with Gasteiger partial charge in [0.15, 0.2) is 5.76 Å². The molecule has 8 heteroatoms. The number of aromatic carboxylic acids is 1. The Morgan fingerprint density at radius 1 is 1.28 bits per heavy atom. The molecule has 0 atom stereocenters. The summed E-state index contributed by atoms with van der Waals surface area (Å²) in [4.78, 5) is 19.8. The second-order valence-electron chi connectivity index (χ2n) is 5.10. The van der Waals surface area contributed by atoms with E-state index in [4.69, 9.17) is 14.9 Å². The number of hydrogen-bond acceptors (Lipinski definition) is 7. The minimum Gasteiger partial charge on any atom is -0.496 e. The third-order valence-electron chi connectivity index (χ3n) is 3.53. The monoisotopic (exact) mass is 340 g/mol. The van der Waals surface area contributed by atoms with Crippen LogP contribution in [-0.4, -0.2) is 28.2 Å². The molecule has 2 aromatic heterocycles. The summed E-state index contributed by atoms with van der Waals surface area (Å²) in [5, 5.41) is 12.6. The molecule has 0 saturated carbocycles. The Bertz CT molecular complexity index is 894. The van der Waals surface area contributed by atoms with Gasteiger partial charge in [0, 0.05) is 12.1 Å². The summed E-state index contributed by atoms with van der Waals surface area (Å²) in [6.45, 7) is 0.304. The van der Waals surface area contributed by atoms with Crippen molar-refractivity contribution in [3.05, 3.63) is 53.8 Å². The van der Waals surface area contributed by atoms with Crippen molar-refractivity contribution in [2.75, 3.05) is 18.2 Å². The highest BCUT2D eigenvalue weighted by Crippen LogP contribution is 2.28. The first-order valence-electron chi connectivity index (χ1n) is 7.40. The van der Waals surface area contributed by atoms with Crippen LogP contribution in [0.1, 0.15) is 15.9 Å². The number of anilines is 2. The Kier molecular flexibility index (Phi) is 4.51. The maximum Gasteiger partial charge on any atom is 0.341 e. The van der Waals surface area contributed by atoms with Crippen molar-refractivity contribution in [2.24, 2.45) is 0 Å². The number of nitrogens with one attached hydrogen (secondary N) is 1. The van der Waals surface area contributed by atoms with Crippen molar-refractivity contribution in [2.45, 2.75) is 6.54 Å². The Hall–Kier alpha value is -3.55. The highest BCUT2D eigenvalue weighted by Gasteiger charge is 2.23. The van der Waals surface area contributed by atoms with E-state index in [1.54, 1.807) is 19.2 Å². The number of ether oxygens (including phenoxy) is 1. The fourth-order valence-electron chi connectivity index (χ4n) is 2.43. The predicted molar refractivity (Wildman–Crippen MR) is 91.4 cm³/mol. The summed E-state index contributed by atoms with van der Waals surface area (Å²) >= 11 is 0. The van der Waals surface area contributed by atoms with Gasteiger partial charge in [-0.25, -0.2) is 9.78 Å². The van der Waals surface area contributed by atoms with Crippen molar-refractivity contribution < 1.29 is 19.1 Å². The molecule has 3 aromatic rings. The van der Waals surface area contributed by atoms with Crippen molar-refractivity contribution in [3.63, 3.8) is 0 Å². The Morgan fingerprint density at radius 2 is 2.08 bits per heavy atom. The van der Waals surface area contributed by atoms with E-state index in [9.17, 15) is 9.90 Å². The van der Waals surface area contributed by atoms with Gasteiger partial charge in [0.1, 0.15) is 22.8 Å². The van der Waals surface area contributed by atoms with Crippen LogP contribution in [0.15, 0.2) is 47.1 Å². The smallest absolute Gasteiger partial charge is 0.341 e. The first-order valence-corrected chi connectivity index (χ1v) is 7.40. The summed E-state index contributed by atoms with van der Waals surface area (Å²) in [6.07, 6.45) is 1.43. The molecule has 0 saturated heterocycles. The van der Waals surface area contributed by atoms with Crippen LogP contribution < -0.4 is 15.8 Å². The zero-order valence-corrected chi connectivity index (χ0v) is 13.4. The molecule has 0 aliphatic rings. The molecule has 2 heterocycles. The number of hydrogen-bond donors (Lipinski definition) is 3. The molecule has 0 aliphatic heterocycles. The van der Waals surface area contributed by atoms with Crippen LogP contribution >= 0.6 is 0 Å². The van der Waals surface area contributed by atoms with Gasteiger partial charge in [-0.15, -0.1) is 0 Å².